The van der Waals surface area contributed by atoms with Gasteiger partial charge in [0.25, 0.3) is 0 Å². The fourth-order valence-electron chi connectivity index (χ4n) is 2.08. The van der Waals surface area contributed by atoms with E-state index >= 15 is 0 Å². The lowest BCUT2D eigenvalue weighted by Gasteiger charge is -1.95. The summed E-state index contributed by atoms with van der Waals surface area (Å²) in [5.41, 5.74) is 3.24. The maximum atomic E-state index is 13.0. The summed E-state index contributed by atoms with van der Waals surface area (Å²) in [6.07, 6.45) is 1.72. The number of hydrogen-bond acceptors (Lipinski definition) is 4. The van der Waals surface area contributed by atoms with Gasteiger partial charge >= 0.3 is 0 Å². The van der Waals surface area contributed by atoms with E-state index in [0.717, 1.165) is 27.4 Å². The molecule has 21 heavy (non-hydrogen) atoms. The van der Waals surface area contributed by atoms with E-state index < -0.39 is 0 Å². The van der Waals surface area contributed by atoms with Gasteiger partial charge in [-0.15, -0.1) is 11.3 Å². The highest BCUT2D eigenvalue weighted by atomic mass is 32.1. The molecule has 1 N–H and O–H groups in total. The molecule has 1 aromatic carbocycles. The Morgan fingerprint density at radius 1 is 1.05 bits per heavy atom. The first-order valence-electron chi connectivity index (χ1n) is 6.32. The van der Waals surface area contributed by atoms with Crippen molar-refractivity contribution in [3.8, 4) is 22.1 Å². The molecule has 0 unspecified atom stereocenters. The van der Waals surface area contributed by atoms with Crippen LogP contribution in [0.1, 0.15) is 0 Å². The average Bonchev–Trinajstić information content (AvgIpc) is 3.14. The van der Waals surface area contributed by atoms with Crippen LogP contribution in [0.25, 0.3) is 33.3 Å². The number of aromatic amines is 1. The van der Waals surface area contributed by atoms with Crippen molar-refractivity contribution in [2.75, 3.05) is 0 Å². The SMILES string of the molecule is Fc1ccc(-c2csc(-c3nc4cccnc4[nH]3)n2)cc1. The predicted molar refractivity (Wildman–Crippen MR) is 80.4 cm³/mol. The van der Waals surface area contributed by atoms with E-state index in [4.69, 9.17) is 0 Å². The topological polar surface area (TPSA) is 54.5 Å². The van der Waals surface area contributed by atoms with Crippen LogP contribution in [0.5, 0.6) is 0 Å². The maximum absolute atomic E-state index is 13.0. The molecule has 4 aromatic rings. The molecule has 0 fully saturated rings. The van der Waals surface area contributed by atoms with Gasteiger partial charge in [0.15, 0.2) is 16.5 Å². The Labute approximate surface area is 123 Å². The number of pyridine rings is 1. The van der Waals surface area contributed by atoms with Gasteiger partial charge in [-0.25, -0.2) is 19.3 Å². The molecule has 0 atom stereocenters. The minimum absolute atomic E-state index is 0.252. The van der Waals surface area contributed by atoms with Crippen molar-refractivity contribution in [3.63, 3.8) is 0 Å². The third-order valence-electron chi connectivity index (χ3n) is 3.10. The Balaban J connectivity index is 1.75. The third kappa shape index (κ3) is 2.19. The molecule has 0 bridgehead atoms. The number of nitrogens with one attached hydrogen (secondary N) is 1. The number of halogens is 1. The number of thiazole rings is 1. The van der Waals surface area contributed by atoms with Gasteiger partial charge in [0.2, 0.25) is 0 Å². The molecule has 3 heterocycles. The van der Waals surface area contributed by atoms with Crippen molar-refractivity contribution in [1.82, 2.24) is 19.9 Å². The Morgan fingerprint density at radius 3 is 2.71 bits per heavy atom. The highest BCUT2D eigenvalue weighted by Crippen LogP contribution is 2.28. The number of benzene rings is 1. The van der Waals surface area contributed by atoms with Gasteiger partial charge in [-0.1, -0.05) is 0 Å². The molecule has 4 rings (SSSR count). The zero-order valence-electron chi connectivity index (χ0n) is 10.7. The molecule has 4 nitrogen and oxygen atoms in total. The molecule has 0 saturated carbocycles. The first kappa shape index (κ1) is 12.2. The Morgan fingerprint density at radius 2 is 1.90 bits per heavy atom. The molecule has 0 aliphatic carbocycles. The Hall–Kier alpha value is -2.60. The molecule has 0 amide bonds. The van der Waals surface area contributed by atoms with E-state index in [-0.39, 0.29) is 5.82 Å². The fraction of sp³-hybridized carbons (Fsp3) is 0. The summed E-state index contributed by atoms with van der Waals surface area (Å²) in [5.74, 6) is 0.444. The summed E-state index contributed by atoms with van der Waals surface area (Å²) in [7, 11) is 0. The highest BCUT2D eigenvalue weighted by molar-refractivity contribution is 7.13. The number of rotatable bonds is 2. The van der Waals surface area contributed by atoms with E-state index in [1.807, 2.05) is 17.5 Å². The lowest BCUT2D eigenvalue weighted by atomic mass is 10.2. The lowest BCUT2D eigenvalue weighted by Crippen LogP contribution is -1.82. The normalized spacial score (nSPS) is 11.1. The van der Waals surface area contributed by atoms with Gasteiger partial charge in [-0.2, -0.15) is 0 Å². The number of fused-ring (bicyclic) bond motifs is 1. The molecule has 3 aromatic heterocycles. The molecule has 0 aliphatic heterocycles. The standard InChI is InChI=1S/C15H9FN4S/c16-10-5-3-9(4-6-10)12-8-21-15(19-12)14-18-11-2-1-7-17-13(11)20-14/h1-8H,(H,17,18,20). The van der Waals surface area contributed by atoms with Crippen molar-refractivity contribution in [1.29, 1.82) is 0 Å². The largest absolute Gasteiger partial charge is 0.321 e. The molecular weight excluding hydrogens is 287 g/mol. The summed E-state index contributed by atoms with van der Waals surface area (Å²) >= 11 is 1.49. The van der Waals surface area contributed by atoms with Crippen LogP contribution in [0.2, 0.25) is 0 Å². The van der Waals surface area contributed by atoms with Crippen LogP contribution in [0.3, 0.4) is 0 Å². The summed E-state index contributed by atoms with van der Waals surface area (Å²) in [4.78, 5) is 16.4. The zero-order valence-corrected chi connectivity index (χ0v) is 11.6. The van der Waals surface area contributed by atoms with Gasteiger partial charge < -0.3 is 4.98 Å². The van der Waals surface area contributed by atoms with Gasteiger partial charge in [0.05, 0.1) is 5.69 Å². The van der Waals surface area contributed by atoms with E-state index in [1.54, 1.807) is 18.3 Å². The quantitative estimate of drug-likeness (QED) is 0.610. The average molecular weight is 296 g/mol. The van der Waals surface area contributed by atoms with Crippen LogP contribution in [0.15, 0.2) is 48.0 Å². The molecular formula is C15H9FN4S. The van der Waals surface area contributed by atoms with E-state index in [0.29, 0.717) is 5.82 Å². The van der Waals surface area contributed by atoms with Crippen molar-refractivity contribution >= 4 is 22.5 Å². The Kier molecular flexibility index (Phi) is 2.75. The van der Waals surface area contributed by atoms with Crippen molar-refractivity contribution in [2.45, 2.75) is 0 Å². The molecule has 0 radical (unpaired) electrons. The summed E-state index contributed by atoms with van der Waals surface area (Å²) in [5, 5.41) is 2.72. The number of aromatic nitrogens is 4. The van der Waals surface area contributed by atoms with Crippen LogP contribution in [0, 0.1) is 5.82 Å². The first-order chi connectivity index (χ1) is 10.3. The minimum Gasteiger partial charge on any atom is -0.321 e. The molecule has 0 saturated heterocycles. The van der Waals surface area contributed by atoms with E-state index in [9.17, 15) is 4.39 Å². The second kappa shape index (κ2) is 4.75. The van der Waals surface area contributed by atoms with Gasteiger partial charge in [-0.05, 0) is 36.4 Å². The first-order valence-corrected chi connectivity index (χ1v) is 7.20. The molecule has 102 valence electrons. The summed E-state index contributed by atoms with van der Waals surface area (Å²) in [6.45, 7) is 0. The second-order valence-electron chi connectivity index (χ2n) is 4.50. The van der Waals surface area contributed by atoms with Crippen molar-refractivity contribution in [2.24, 2.45) is 0 Å². The van der Waals surface area contributed by atoms with Crippen LogP contribution in [0.4, 0.5) is 4.39 Å². The van der Waals surface area contributed by atoms with Crippen LogP contribution < -0.4 is 0 Å². The van der Waals surface area contributed by atoms with Gasteiger partial charge in [-0.3, -0.25) is 0 Å². The number of imidazole rings is 1. The van der Waals surface area contributed by atoms with Gasteiger partial charge in [0, 0.05) is 17.1 Å². The minimum atomic E-state index is -0.252. The van der Waals surface area contributed by atoms with Crippen molar-refractivity contribution in [3.05, 3.63) is 53.8 Å². The van der Waals surface area contributed by atoms with E-state index in [2.05, 4.69) is 19.9 Å². The second-order valence-corrected chi connectivity index (χ2v) is 5.36. The van der Waals surface area contributed by atoms with E-state index in [1.165, 1.54) is 23.5 Å². The monoisotopic (exact) mass is 296 g/mol. The molecule has 6 heteroatoms. The number of hydrogen-bond donors (Lipinski definition) is 1. The van der Waals surface area contributed by atoms with Gasteiger partial charge in [0.1, 0.15) is 11.3 Å². The molecule has 0 aliphatic rings. The zero-order chi connectivity index (χ0) is 14.2. The maximum Gasteiger partial charge on any atom is 0.168 e. The molecule has 0 spiro atoms. The summed E-state index contributed by atoms with van der Waals surface area (Å²) in [6, 6.07) is 10.0. The number of nitrogens with zero attached hydrogens (tertiary/aromatic N) is 3. The van der Waals surface area contributed by atoms with Crippen LogP contribution in [-0.4, -0.2) is 19.9 Å². The summed E-state index contributed by atoms with van der Waals surface area (Å²) < 4.78 is 13.0. The number of H-pyrrole nitrogens is 1. The van der Waals surface area contributed by atoms with Crippen LogP contribution >= 0.6 is 11.3 Å². The Bertz CT molecular complexity index is 878. The van der Waals surface area contributed by atoms with Crippen molar-refractivity contribution < 1.29 is 4.39 Å². The lowest BCUT2D eigenvalue weighted by molar-refractivity contribution is 0.628. The van der Waals surface area contributed by atoms with Crippen LogP contribution in [-0.2, 0) is 0 Å². The third-order valence-corrected chi connectivity index (χ3v) is 3.95. The highest BCUT2D eigenvalue weighted by Gasteiger charge is 2.11. The fourth-order valence-corrected chi connectivity index (χ4v) is 2.85. The smallest absolute Gasteiger partial charge is 0.168 e. The predicted octanol–water partition coefficient (Wildman–Crippen LogP) is 3.89.